The molecule has 1 fully saturated rings. The van der Waals surface area contributed by atoms with Crippen molar-refractivity contribution in [3.05, 3.63) is 90.7 Å². The monoisotopic (exact) mass is 437 g/mol. The highest BCUT2D eigenvalue weighted by Crippen LogP contribution is 2.24. The minimum Gasteiger partial charge on any atom is -0.377 e. The molecular weight excluding hydrogens is 414 g/mol. The van der Waals surface area contributed by atoms with Crippen LogP contribution < -0.4 is 26.8 Å². The fraction of sp³-hybridized carbons (Fsp3) is 0.292. The van der Waals surface area contributed by atoms with Crippen molar-refractivity contribution < 1.29 is 4.79 Å². The number of hydrogen-bond acceptors (Lipinski definition) is 5. The number of hydrogen-bond donors (Lipinski definition) is 3. The molecule has 3 N–H and O–H groups in total. The Morgan fingerprint density at radius 3 is 2.29 bits per heavy atom. The number of halogens is 1. The number of anilines is 2. The van der Waals surface area contributed by atoms with Gasteiger partial charge in [-0.1, -0.05) is 54.8 Å². The first-order valence-electron chi connectivity index (χ1n) is 10.5. The SMILES string of the molecule is O=C(NCc1ccccc1Cl)c1ccc(CNc2c(NC3CCCC3)c(=O)c2=O)cc1. The molecule has 0 unspecified atom stereocenters. The lowest BCUT2D eigenvalue weighted by atomic mass is 10.1. The van der Waals surface area contributed by atoms with Gasteiger partial charge in [-0.2, -0.15) is 0 Å². The first-order valence-corrected chi connectivity index (χ1v) is 10.8. The zero-order chi connectivity index (χ0) is 21.8. The van der Waals surface area contributed by atoms with Crippen molar-refractivity contribution in [2.45, 2.75) is 44.8 Å². The largest absolute Gasteiger partial charge is 0.377 e. The van der Waals surface area contributed by atoms with E-state index >= 15 is 0 Å². The summed E-state index contributed by atoms with van der Waals surface area (Å²) in [5.41, 5.74) is 2.14. The van der Waals surface area contributed by atoms with Crippen LogP contribution in [0, 0.1) is 0 Å². The van der Waals surface area contributed by atoms with E-state index in [4.69, 9.17) is 11.6 Å². The van der Waals surface area contributed by atoms with Crippen LogP contribution in [-0.2, 0) is 13.1 Å². The third-order valence-electron chi connectivity index (χ3n) is 5.70. The Kier molecular flexibility index (Phi) is 6.37. The van der Waals surface area contributed by atoms with Crippen molar-refractivity contribution >= 4 is 28.9 Å². The summed E-state index contributed by atoms with van der Waals surface area (Å²) in [6, 6.07) is 14.8. The summed E-state index contributed by atoms with van der Waals surface area (Å²) < 4.78 is 0. The van der Waals surface area contributed by atoms with Crippen molar-refractivity contribution in [1.29, 1.82) is 0 Å². The molecule has 1 saturated carbocycles. The van der Waals surface area contributed by atoms with Gasteiger partial charge < -0.3 is 16.0 Å². The highest BCUT2D eigenvalue weighted by Gasteiger charge is 2.24. The van der Waals surface area contributed by atoms with Gasteiger partial charge in [-0.3, -0.25) is 14.4 Å². The van der Waals surface area contributed by atoms with Crippen LogP contribution in [0.1, 0.15) is 47.2 Å². The third kappa shape index (κ3) is 4.80. The Morgan fingerprint density at radius 1 is 0.903 bits per heavy atom. The Morgan fingerprint density at radius 2 is 1.58 bits per heavy atom. The lowest BCUT2D eigenvalue weighted by Gasteiger charge is -2.18. The molecule has 160 valence electrons. The third-order valence-corrected chi connectivity index (χ3v) is 6.07. The van der Waals surface area contributed by atoms with Gasteiger partial charge >= 0.3 is 0 Å². The maximum Gasteiger partial charge on any atom is 0.253 e. The van der Waals surface area contributed by atoms with Crippen LogP contribution in [0.5, 0.6) is 0 Å². The highest BCUT2D eigenvalue weighted by atomic mass is 35.5. The fourth-order valence-corrected chi connectivity index (χ4v) is 4.06. The number of rotatable bonds is 8. The Hall–Kier alpha value is -3.12. The van der Waals surface area contributed by atoms with Gasteiger partial charge in [0.1, 0.15) is 11.4 Å². The van der Waals surface area contributed by atoms with Crippen LogP contribution in [-0.4, -0.2) is 11.9 Å². The van der Waals surface area contributed by atoms with Crippen LogP contribution in [0.3, 0.4) is 0 Å². The standard InChI is InChI=1S/C24H24ClN3O3/c25-19-8-4-1-5-17(19)14-27-24(31)16-11-9-15(10-12-16)13-26-20-21(23(30)22(20)29)28-18-6-2-3-7-18/h1,4-5,8-12,18,26,28H,2-3,6-7,13-14H2,(H,27,31). The molecule has 31 heavy (non-hydrogen) atoms. The predicted molar refractivity (Wildman–Crippen MR) is 124 cm³/mol. The average Bonchev–Trinajstić information content (AvgIpc) is 3.31. The zero-order valence-electron chi connectivity index (χ0n) is 17.0. The molecule has 7 heteroatoms. The van der Waals surface area contributed by atoms with Crippen molar-refractivity contribution in [3.63, 3.8) is 0 Å². The molecule has 1 aliphatic carbocycles. The van der Waals surface area contributed by atoms with Crippen LogP contribution in [0.15, 0.2) is 58.1 Å². The summed E-state index contributed by atoms with van der Waals surface area (Å²) in [5.74, 6) is -0.190. The second-order valence-electron chi connectivity index (χ2n) is 7.86. The molecule has 4 rings (SSSR count). The first kappa shape index (κ1) is 21.1. The van der Waals surface area contributed by atoms with Gasteiger partial charge in [0.25, 0.3) is 16.8 Å². The van der Waals surface area contributed by atoms with E-state index in [0.717, 1.165) is 36.8 Å². The molecular formula is C24H24ClN3O3. The van der Waals surface area contributed by atoms with E-state index in [1.54, 1.807) is 18.2 Å². The van der Waals surface area contributed by atoms with E-state index in [0.29, 0.717) is 35.1 Å². The van der Waals surface area contributed by atoms with Gasteiger partial charge in [0.15, 0.2) is 0 Å². The van der Waals surface area contributed by atoms with Crippen molar-refractivity contribution in [1.82, 2.24) is 5.32 Å². The quantitative estimate of drug-likeness (QED) is 0.466. The van der Waals surface area contributed by atoms with Gasteiger partial charge in [-0.05, 0) is 42.2 Å². The summed E-state index contributed by atoms with van der Waals surface area (Å²) in [4.78, 5) is 36.2. The number of benzene rings is 2. The second kappa shape index (κ2) is 9.35. The van der Waals surface area contributed by atoms with E-state index in [1.807, 2.05) is 30.3 Å². The van der Waals surface area contributed by atoms with E-state index in [2.05, 4.69) is 16.0 Å². The molecule has 3 aromatic rings. The molecule has 0 aromatic heterocycles. The summed E-state index contributed by atoms with van der Waals surface area (Å²) in [6.07, 6.45) is 4.35. The van der Waals surface area contributed by atoms with Crippen LogP contribution in [0.2, 0.25) is 5.02 Å². The highest BCUT2D eigenvalue weighted by molar-refractivity contribution is 6.31. The topological polar surface area (TPSA) is 87.3 Å². The van der Waals surface area contributed by atoms with Crippen molar-refractivity contribution in [3.8, 4) is 0 Å². The van der Waals surface area contributed by atoms with Gasteiger partial charge in [0.05, 0.1) is 0 Å². The lowest BCUT2D eigenvalue weighted by molar-refractivity contribution is 0.0951. The molecule has 1 aliphatic rings. The molecule has 0 spiro atoms. The normalized spacial score (nSPS) is 14.0. The molecule has 0 aliphatic heterocycles. The molecule has 0 saturated heterocycles. The first-order chi connectivity index (χ1) is 15.0. The van der Waals surface area contributed by atoms with Crippen LogP contribution >= 0.6 is 11.6 Å². The van der Waals surface area contributed by atoms with Gasteiger partial charge in [-0.25, -0.2) is 0 Å². The molecule has 0 radical (unpaired) electrons. The van der Waals surface area contributed by atoms with E-state index in [1.165, 1.54) is 0 Å². The summed E-state index contributed by atoms with van der Waals surface area (Å²) in [7, 11) is 0. The van der Waals surface area contributed by atoms with Crippen LogP contribution in [0.4, 0.5) is 11.4 Å². The number of carbonyl (C=O) groups is 1. The molecule has 0 atom stereocenters. The second-order valence-corrected chi connectivity index (χ2v) is 8.27. The fourth-order valence-electron chi connectivity index (χ4n) is 3.86. The smallest absolute Gasteiger partial charge is 0.253 e. The maximum absolute atomic E-state index is 12.4. The van der Waals surface area contributed by atoms with E-state index in [9.17, 15) is 14.4 Å². The molecule has 0 bridgehead atoms. The number of carbonyl (C=O) groups excluding carboxylic acids is 1. The lowest BCUT2D eigenvalue weighted by Crippen LogP contribution is -2.39. The molecule has 0 heterocycles. The van der Waals surface area contributed by atoms with Gasteiger partial charge in [0, 0.05) is 29.7 Å². The predicted octanol–water partition coefficient (Wildman–Crippen LogP) is 3.83. The summed E-state index contributed by atoms with van der Waals surface area (Å²) in [5, 5.41) is 9.77. The summed E-state index contributed by atoms with van der Waals surface area (Å²) >= 11 is 6.12. The van der Waals surface area contributed by atoms with Crippen LogP contribution in [0.25, 0.3) is 0 Å². The van der Waals surface area contributed by atoms with E-state index < -0.39 is 10.9 Å². The average molecular weight is 438 g/mol. The van der Waals surface area contributed by atoms with E-state index in [-0.39, 0.29) is 11.9 Å². The van der Waals surface area contributed by atoms with Crippen molar-refractivity contribution in [2.24, 2.45) is 0 Å². The van der Waals surface area contributed by atoms with Gasteiger partial charge in [0.2, 0.25) is 0 Å². The maximum atomic E-state index is 12.4. The minimum absolute atomic E-state index is 0.190. The molecule has 3 aromatic carbocycles. The van der Waals surface area contributed by atoms with Gasteiger partial charge in [-0.15, -0.1) is 0 Å². The Bertz CT molecular complexity index is 1140. The zero-order valence-corrected chi connectivity index (χ0v) is 17.8. The molecule has 1 amide bonds. The minimum atomic E-state index is -0.476. The van der Waals surface area contributed by atoms with Crippen molar-refractivity contribution in [2.75, 3.05) is 10.6 Å². The number of nitrogens with one attached hydrogen (secondary N) is 3. The Labute approximate surface area is 185 Å². The summed E-state index contributed by atoms with van der Waals surface area (Å²) in [6.45, 7) is 0.745. The molecule has 6 nitrogen and oxygen atoms in total. The number of amides is 1. The Balaban J connectivity index is 1.32.